The van der Waals surface area contributed by atoms with Crippen molar-refractivity contribution in [1.82, 2.24) is 9.97 Å². The van der Waals surface area contributed by atoms with Gasteiger partial charge in [-0.15, -0.1) is 0 Å². The molecule has 1 aromatic heterocycles. The Bertz CT molecular complexity index is 320. The lowest BCUT2D eigenvalue weighted by molar-refractivity contribution is -0.0271. The summed E-state index contributed by atoms with van der Waals surface area (Å²) in [7, 11) is 0. The number of rotatable bonds is 1. The number of hydrogen-bond donors (Lipinski definition) is 1. The normalized spacial score (nSPS) is 19.7. The lowest BCUT2D eigenvalue weighted by atomic mass is 10.2. The van der Waals surface area contributed by atoms with Crippen LogP contribution < -0.4 is 10.6 Å². The zero-order valence-electron chi connectivity index (χ0n) is 6.74. The molecule has 0 saturated carbocycles. The third-order valence-corrected chi connectivity index (χ3v) is 1.79. The Morgan fingerprint density at radius 2 is 2.15 bits per heavy atom. The molecule has 0 amide bonds. The van der Waals surface area contributed by atoms with Crippen molar-refractivity contribution >= 4 is 11.8 Å². The Balaban J connectivity index is 2.11. The molecule has 1 aliphatic heterocycles. The van der Waals surface area contributed by atoms with Crippen molar-refractivity contribution in [2.75, 3.05) is 23.7 Å². The van der Waals surface area contributed by atoms with Crippen LogP contribution in [-0.2, 0) is 0 Å². The van der Waals surface area contributed by atoms with Gasteiger partial charge < -0.3 is 10.6 Å². The van der Waals surface area contributed by atoms with Crippen LogP contribution in [0.3, 0.4) is 0 Å². The first-order valence-electron chi connectivity index (χ1n) is 3.78. The van der Waals surface area contributed by atoms with Gasteiger partial charge >= 0.3 is 0 Å². The molecule has 6 heteroatoms. The average molecular weight is 186 g/mol. The first-order valence-corrected chi connectivity index (χ1v) is 3.78. The summed E-state index contributed by atoms with van der Waals surface area (Å²) in [6.07, 6.45) is 1.45. The van der Waals surface area contributed by atoms with E-state index < -0.39 is 5.92 Å². The number of aromatic nitrogens is 2. The Kier molecular flexibility index (Phi) is 1.58. The molecule has 1 saturated heterocycles. The second kappa shape index (κ2) is 2.51. The monoisotopic (exact) mass is 186 g/mol. The molecule has 0 aromatic carbocycles. The molecular formula is C7H8F2N4. The number of alkyl halides is 2. The van der Waals surface area contributed by atoms with Gasteiger partial charge in [-0.2, -0.15) is 4.98 Å². The van der Waals surface area contributed by atoms with Crippen molar-refractivity contribution in [2.24, 2.45) is 0 Å². The predicted octanol–water partition coefficient (Wildman–Crippen LogP) is 0.514. The molecule has 0 aliphatic carbocycles. The van der Waals surface area contributed by atoms with Crippen molar-refractivity contribution in [3.8, 4) is 0 Å². The Morgan fingerprint density at radius 1 is 1.46 bits per heavy atom. The van der Waals surface area contributed by atoms with Crippen LogP contribution in [-0.4, -0.2) is 29.0 Å². The average Bonchev–Trinajstić information content (AvgIpc) is 2.00. The van der Waals surface area contributed by atoms with Gasteiger partial charge in [-0.25, -0.2) is 13.8 Å². The summed E-state index contributed by atoms with van der Waals surface area (Å²) >= 11 is 0. The van der Waals surface area contributed by atoms with Crippen molar-refractivity contribution in [1.29, 1.82) is 0 Å². The van der Waals surface area contributed by atoms with Crippen molar-refractivity contribution in [3.05, 3.63) is 12.3 Å². The molecule has 2 N–H and O–H groups in total. The summed E-state index contributed by atoms with van der Waals surface area (Å²) in [5.41, 5.74) is 5.38. The highest BCUT2D eigenvalue weighted by atomic mass is 19.3. The van der Waals surface area contributed by atoms with Crippen LogP contribution in [0.2, 0.25) is 0 Å². The van der Waals surface area contributed by atoms with Crippen LogP contribution in [0, 0.1) is 0 Å². The summed E-state index contributed by atoms with van der Waals surface area (Å²) < 4.78 is 24.9. The first kappa shape index (κ1) is 8.15. The molecule has 1 fully saturated rings. The van der Waals surface area contributed by atoms with Crippen molar-refractivity contribution in [3.63, 3.8) is 0 Å². The van der Waals surface area contributed by atoms with E-state index in [-0.39, 0.29) is 19.0 Å². The van der Waals surface area contributed by atoms with E-state index in [4.69, 9.17) is 5.73 Å². The molecule has 0 radical (unpaired) electrons. The van der Waals surface area contributed by atoms with Crippen LogP contribution in [0.15, 0.2) is 12.3 Å². The highest BCUT2D eigenvalue weighted by Gasteiger charge is 2.45. The van der Waals surface area contributed by atoms with E-state index in [9.17, 15) is 8.78 Å². The first-order chi connectivity index (χ1) is 6.07. The van der Waals surface area contributed by atoms with Gasteiger partial charge in [0.05, 0.1) is 13.1 Å². The minimum atomic E-state index is -2.60. The van der Waals surface area contributed by atoms with Gasteiger partial charge in [-0.3, -0.25) is 0 Å². The second-order valence-electron chi connectivity index (χ2n) is 2.99. The zero-order chi connectivity index (χ0) is 9.47. The number of nitrogens with zero attached hydrogens (tertiary/aromatic N) is 3. The van der Waals surface area contributed by atoms with E-state index in [0.717, 1.165) is 0 Å². The Labute approximate surface area is 73.4 Å². The van der Waals surface area contributed by atoms with Gasteiger partial charge in [-0.05, 0) is 6.07 Å². The molecule has 0 atom stereocenters. The topological polar surface area (TPSA) is 55.0 Å². The largest absolute Gasteiger partial charge is 0.384 e. The lowest BCUT2D eigenvalue weighted by Crippen LogP contribution is -2.57. The van der Waals surface area contributed by atoms with Crippen LogP contribution in [0.5, 0.6) is 0 Å². The third-order valence-electron chi connectivity index (χ3n) is 1.79. The van der Waals surface area contributed by atoms with Crippen LogP contribution in [0.1, 0.15) is 0 Å². The number of anilines is 2. The van der Waals surface area contributed by atoms with E-state index in [0.29, 0.717) is 5.82 Å². The summed E-state index contributed by atoms with van der Waals surface area (Å²) in [6, 6.07) is 1.52. The molecule has 1 aliphatic rings. The number of hydrogen-bond acceptors (Lipinski definition) is 4. The Morgan fingerprint density at radius 3 is 2.69 bits per heavy atom. The van der Waals surface area contributed by atoms with E-state index in [1.54, 1.807) is 0 Å². The molecule has 0 unspecified atom stereocenters. The molecule has 0 bridgehead atoms. The van der Waals surface area contributed by atoms with Crippen LogP contribution in [0.25, 0.3) is 0 Å². The highest BCUT2D eigenvalue weighted by molar-refractivity contribution is 5.41. The molecule has 4 nitrogen and oxygen atoms in total. The maximum Gasteiger partial charge on any atom is 0.282 e. The third kappa shape index (κ3) is 1.51. The quantitative estimate of drug-likeness (QED) is 0.694. The number of nitrogens with two attached hydrogens (primary N) is 1. The summed E-state index contributed by atoms with van der Waals surface area (Å²) in [4.78, 5) is 9.03. The minimum absolute atomic E-state index is 0.269. The van der Waals surface area contributed by atoms with Gasteiger partial charge in [0.2, 0.25) is 5.95 Å². The van der Waals surface area contributed by atoms with E-state index >= 15 is 0 Å². The molecule has 13 heavy (non-hydrogen) atoms. The fourth-order valence-electron chi connectivity index (χ4n) is 1.17. The maximum atomic E-state index is 12.4. The zero-order valence-corrected chi connectivity index (χ0v) is 6.74. The minimum Gasteiger partial charge on any atom is -0.384 e. The SMILES string of the molecule is Nc1ccnc(N2CC(F)(F)C2)n1. The highest BCUT2D eigenvalue weighted by Crippen LogP contribution is 2.29. The van der Waals surface area contributed by atoms with E-state index in [1.165, 1.54) is 17.2 Å². The fraction of sp³-hybridized carbons (Fsp3) is 0.429. The van der Waals surface area contributed by atoms with Gasteiger partial charge in [0, 0.05) is 6.20 Å². The Hall–Kier alpha value is -1.46. The van der Waals surface area contributed by atoms with Gasteiger partial charge in [-0.1, -0.05) is 0 Å². The van der Waals surface area contributed by atoms with Crippen LogP contribution in [0.4, 0.5) is 20.5 Å². The second-order valence-corrected chi connectivity index (χ2v) is 2.99. The lowest BCUT2D eigenvalue weighted by Gasteiger charge is -2.38. The van der Waals surface area contributed by atoms with Crippen molar-refractivity contribution < 1.29 is 8.78 Å². The fourth-order valence-corrected chi connectivity index (χ4v) is 1.17. The summed E-state index contributed by atoms with van der Waals surface area (Å²) in [5, 5.41) is 0. The van der Waals surface area contributed by atoms with E-state index in [1.807, 2.05) is 0 Å². The summed E-state index contributed by atoms with van der Waals surface area (Å²) in [5.74, 6) is -2.04. The smallest absolute Gasteiger partial charge is 0.282 e. The molecule has 2 rings (SSSR count). The maximum absolute atomic E-state index is 12.4. The molecule has 1 aromatic rings. The molecular weight excluding hydrogens is 178 g/mol. The number of halogens is 2. The van der Waals surface area contributed by atoms with Gasteiger partial charge in [0.15, 0.2) is 0 Å². The summed E-state index contributed by atoms with van der Waals surface area (Å²) in [6.45, 7) is -0.646. The van der Waals surface area contributed by atoms with Crippen LogP contribution >= 0.6 is 0 Å². The van der Waals surface area contributed by atoms with Gasteiger partial charge in [0.1, 0.15) is 5.82 Å². The van der Waals surface area contributed by atoms with Crippen molar-refractivity contribution in [2.45, 2.75) is 5.92 Å². The van der Waals surface area contributed by atoms with E-state index in [2.05, 4.69) is 9.97 Å². The predicted molar refractivity (Wildman–Crippen MR) is 43.6 cm³/mol. The molecule has 70 valence electrons. The molecule has 0 spiro atoms. The molecule has 2 heterocycles. The van der Waals surface area contributed by atoms with Gasteiger partial charge in [0.25, 0.3) is 5.92 Å². The standard InChI is InChI=1S/C7H8F2N4/c8-7(9)3-13(4-7)6-11-2-1-5(10)12-6/h1-2H,3-4H2,(H2,10,11,12). The number of nitrogen functional groups attached to an aromatic ring is 1.